The Morgan fingerprint density at radius 3 is 2.39 bits per heavy atom. The number of ether oxygens (including phenoxy) is 1. The number of benzene rings is 2. The van der Waals surface area contributed by atoms with Crippen molar-refractivity contribution in [3.05, 3.63) is 83.6 Å². The van der Waals surface area contributed by atoms with Gasteiger partial charge in [-0.3, -0.25) is 4.79 Å². The molecule has 1 aromatic heterocycles. The summed E-state index contributed by atoms with van der Waals surface area (Å²) in [5.41, 5.74) is -1.59. The lowest BCUT2D eigenvalue weighted by Crippen LogP contribution is -2.17. The van der Waals surface area contributed by atoms with Crippen molar-refractivity contribution in [3.63, 3.8) is 0 Å². The fourth-order valence-electron chi connectivity index (χ4n) is 2.29. The third-order valence-electron chi connectivity index (χ3n) is 3.57. The molecule has 3 rings (SSSR count). The van der Waals surface area contributed by atoms with Crippen molar-refractivity contribution >= 4 is 11.6 Å². The van der Waals surface area contributed by atoms with Crippen molar-refractivity contribution in [2.45, 2.75) is 6.18 Å². The number of alkyl halides is 3. The van der Waals surface area contributed by atoms with Gasteiger partial charge in [0.1, 0.15) is 11.3 Å². The zero-order chi connectivity index (χ0) is 20.3. The highest BCUT2D eigenvalue weighted by atomic mass is 19.4. The van der Waals surface area contributed by atoms with Gasteiger partial charge in [0, 0.05) is 5.69 Å². The summed E-state index contributed by atoms with van der Waals surface area (Å²) in [6.45, 7) is 0. The van der Waals surface area contributed by atoms with E-state index in [1.54, 1.807) is 18.2 Å². The van der Waals surface area contributed by atoms with Crippen LogP contribution in [0.5, 0.6) is 11.6 Å². The van der Waals surface area contributed by atoms with E-state index in [-0.39, 0.29) is 5.75 Å². The molecule has 2 aromatic carbocycles. The maximum atomic E-state index is 14.3. The molecule has 28 heavy (non-hydrogen) atoms. The highest BCUT2D eigenvalue weighted by Gasteiger charge is 2.31. The minimum absolute atomic E-state index is 0.293. The van der Waals surface area contributed by atoms with Gasteiger partial charge in [0.25, 0.3) is 5.91 Å². The standard InChI is InChI=1S/C19H11F5N2O2/c20-14-10-25-18(28-13-8-4-5-11(9-13)19(22,23)24)15(16(14)21)17(27)26-12-6-2-1-3-7-12/h1-10H,(H,26,27). The lowest BCUT2D eigenvalue weighted by Gasteiger charge is -2.13. The molecule has 0 spiro atoms. The van der Waals surface area contributed by atoms with E-state index < -0.39 is 40.7 Å². The van der Waals surface area contributed by atoms with Crippen LogP contribution >= 0.6 is 0 Å². The number of amides is 1. The molecule has 9 heteroatoms. The van der Waals surface area contributed by atoms with E-state index >= 15 is 0 Å². The average Bonchev–Trinajstić information content (AvgIpc) is 2.65. The molecule has 0 saturated carbocycles. The van der Waals surface area contributed by atoms with Crippen LogP contribution in [-0.2, 0) is 6.18 Å². The number of aromatic nitrogens is 1. The van der Waals surface area contributed by atoms with Crippen molar-refractivity contribution < 1.29 is 31.5 Å². The normalized spacial score (nSPS) is 11.2. The molecule has 1 N–H and O–H groups in total. The van der Waals surface area contributed by atoms with Crippen molar-refractivity contribution in [3.8, 4) is 11.6 Å². The van der Waals surface area contributed by atoms with Crippen molar-refractivity contribution in [2.75, 3.05) is 5.32 Å². The fraction of sp³-hybridized carbons (Fsp3) is 0.0526. The molecular weight excluding hydrogens is 383 g/mol. The molecular formula is C19H11F5N2O2. The number of hydrogen-bond acceptors (Lipinski definition) is 3. The predicted octanol–water partition coefficient (Wildman–Crippen LogP) is 5.42. The summed E-state index contributed by atoms with van der Waals surface area (Å²) in [6.07, 6.45) is -4.16. The van der Waals surface area contributed by atoms with Crippen LogP contribution in [0.15, 0.2) is 60.8 Å². The van der Waals surface area contributed by atoms with Gasteiger partial charge in [-0.25, -0.2) is 13.8 Å². The molecule has 0 aliphatic carbocycles. The Labute approximate surface area is 155 Å². The maximum Gasteiger partial charge on any atom is 0.416 e. The summed E-state index contributed by atoms with van der Waals surface area (Å²) in [5.74, 6) is -5.04. The first kappa shape index (κ1) is 19.3. The van der Waals surface area contributed by atoms with Gasteiger partial charge in [0.05, 0.1) is 11.8 Å². The van der Waals surface area contributed by atoms with Crippen LogP contribution in [0.3, 0.4) is 0 Å². The molecule has 4 nitrogen and oxygen atoms in total. The SMILES string of the molecule is O=C(Nc1ccccc1)c1c(Oc2cccc(C(F)(F)F)c2)ncc(F)c1F. The monoisotopic (exact) mass is 394 g/mol. The van der Waals surface area contributed by atoms with E-state index in [1.807, 2.05) is 0 Å². The molecule has 0 atom stereocenters. The zero-order valence-electron chi connectivity index (χ0n) is 13.9. The number of rotatable bonds is 4. The average molecular weight is 394 g/mol. The van der Waals surface area contributed by atoms with Gasteiger partial charge in [0.15, 0.2) is 11.6 Å². The molecule has 0 unspecified atom stereocenters. The predicted molar refractivity (Wildman–Crippen MR) is 90.1 cm³/mol. The molecule has 0 saturated heterocycles. The number of carbonyl (C=O) groups is 1. The van der Waals surface area contributed by atoms with E-state index in [2.05, 4.69) is 10.3 Å². The molecule has 0 aliphatic heterocycles. The first-order valence-corrected chi connectivity index (χ1v) is 7.81. The third kappa shape index (κ3) is 4.25. The molecule has 0 bridgehead atoms. The van der Waals surface area contributed by atoms with Gasteiger partial charge in [-0.1, -0.05) is 24.3 Å². The van der Waals surface area contributed by atoms with Gasteiger partial charge in [-0.2, -0.15) is 13.2 Å². The number of anilines is 1. The first-order valence-electron chi connectivity index (χ1n) is 7.81. The third-order valence-corrected chi connectivity index (χ3v) is 3.57. The molecule has 3 aromatic rings. The minimum Gasteiger partial charge on any atom is -0.438 e. The number of carbonyl (C=O) groups excluding carboxylic acids is 1. The number of hydrogen-bond donors (Lipinski definition) is 1. The summed E-state index contributed by atoms with van der Waals surface area (Å²) in [7, 11) is 0. The molecule has 1 amide bonds. The van der Waals surface area contributed by atoms with Gasteiger partial charge in [-0.15, -0.1) is 0 Å². The summed E-state index contributed by atoms with van der Waals surface area (Å²) >= 11 is 0. The molecule has 0 aliphatic rings. The second-order valence-corrected chi connectivity index (χ2v) is 5.55. The Bertz CT molecular complexity index is 1010. The van der Waals surface area contributed by atoms with Crippen LogP contribution < -0.4 is 10.1 Å². The van der Waals surface area contributed by atoms with Crippen molar-refractivity contribution in [1.82, 2.24) is 4.98 Å². The van der Waals surface area contributed by atoms with Crippen molar-refractivity contribution in [2.24, 2.45) is 0 Å². The quantitative estimate of drug-likeness (QED) is 0.601. The van der Waals surface area contributed by atoms with Crippen LogP contribution in [0, 0.1) is 11.6 Å². The minimum atomic E-state index is -4.63. The highest BCUT2D eigenvalue weighted by Crippen LogP contribution is 2.33. The summed E-state index contributed by atoms with van der Waals surface area (Å²) in [5, 5.41) is 2.34. The van der Waals surface area contributed by atoms with E-state index in [4.69, 9.17) is 4.74 Å². The van der Waals surface area contributed by atoms with Crippen LogP contribution in [0.25, 0.3) is 0 Å². The lowest BCUT2D eigenvalue weighted by atomic mass is 10.2. The first-order chi connectivity index (χ1) is 13.3. The summed E-state index contributed by atoms with van der Waals surface area (Å²) < 4.78 is 71.5. The van der Waals surface area contributed by atoms with Gasteiger partial charge < -0.3 is 10.1 Å². The number of nitrogens with zero attached hydrogens (tertiary/aromatic N) is 1. The van der Waals surface area contributed by atoms with Crippen LogP contribution in [0.2, 0.25) is 0 Å². The van der Waals surface area contributed by atoms with Crippen LogP contribution in [0.4, 0.5) is 27.6 Å². The largest absolute Gasteiger partial charge is 0.438 e. The van der Waals surface area contributed by atoms with Gasteiger partial charge >= 0.3 is 6.18 Å². The molecule has 0 radical (unpaired) electrons. The smallest absolute Gasteiger partial charge is 0.416 e. The molecule has 144 valence electrons. The zero-order valence-corrected chi connectivity index (χ0v) is 13.9. The maximum absolute atomic E-state index is 14.3. The Hall–Kier alpha value is -3.49. The fourth-order valence-corrected chi connectivity index (χ4v) is 2.29. The second kappa shape index (κ2) is 7.63. The topological polar surface area (TPSA) is 51.2 Å². The summed E-state index contributed by atoms with van der Waals surface area (Å²) in [4.78, 5) is 15.9. The highest BCUT2D eigenvalue weighted by molar-refractivity contribution is 6.06. The van der Waals surface area contributed by atoms with Gasteiger partial charge in [-0.05, 0) is 30.3 Å². The Kier molecular flexibility index (Phi) is 5.25. The number of halogens is 5. The van der Waals surface area contributed by atoms with Crippen molar-refractivity contribution in [1.29, 1.82) is 0 Å². The Morgan fingerprint density at radius 1 is 1.00 bits per heavy atom. The van der Waals surface area contributed by atoms with E-state index in [9.17, 15) is 26.7 Å². The number of pyridine rings is 1. The Balaban J connectivity index is 1.96. The Morgan fingerprint density at radius 2 is 1.71 bits per heavy atom. The summed E-state index contributed by atoms with van der Waals surface area (Å²) in [6, 6.07) is 11.6. The van der Waals surface area contributed by atoms with E-state index in [0.717, 1.165) is 18.2 Å². The van der Waals surface area contributed by atoms with E-state index in [0.29, 0.717) is 18.0 Å². The van der Waals surface area contributed by atoms with Crippen LogP contribution in [0.1, 0.15) is 15.9 Å². The second-order valence-electron chi connectivity index (χ2n) is 5.55. The van der Waals surface area contributed by atoms with Gasteiger partial charge in [0.2, 0.25) is 5.88 Å². The molecule has 0 fully saturated rings. The number of nitrogens with one attached hydrogen (secondary N) is 1. The number of para-hydroxylation sites is 1. The lowest BCUT2D eigenvalue weighted by molar-refractivity contribution is -0.137. The molecule has 1 heterocycles. The van der Waals surface area contributed by atoms with E-state index in [1.165, 1.54) is 12.1 Å². The van der Waals surface area contributed by atoms with Crippen LogP contribution in [-0.4, -0.2) is 10.9 Å².